The summed E-state index contributed by atoms with van der Waals surface area (Å²) in [7, 11) is -1.81. The van der Waals surface area contributed by atoms with E-state index in [0.29, 0.717) is 12.6 Å². The van der Waals surface area contributed by atoms with E-state index in [1.807, 2.05) is 24.3 Å². The van der Waals surface area contributed by atoms with Gasteiger partial charge in [-0.2, -0.15) is 17.4 Å². The Morgan fingerprint density at radius 2 is 2.05 bits per heavy atom. The molecule has 0 aromatic heterocycles. The van der Waals surface area contributed by atoms with Crippen molar-refractivity contribution in [1.29, 1.82) is 0 Å². The third-order valence-corrected chi connectivity index (χ3v) is 5.76. The van der Waals surface area contributed by atoms with Crippen LogP contribution >= 0.6 is 15.9 Å². The molecule has 1 aromatic carbocycles. The van der Waals surface area contributed by atoms with Crippen molar-refractivity contribution in [3.63, 3.8) is 0 Å². The zero-order valence-electron chi connectivity index (χ0n) is 12.2. The van der Waals surface area contributed by atoms with Crippen molar-refractivity contribution in [2.24, 2.45) is 0 Å². The molecule has 0 aliphatic heterocycles. The minimum Gasteiger partial charge on any atom is -0.314 e. The average Bonchev–Trinajstić information content (AvgIpc) is 3.26. The van der Waals surface area contributed by atoms with Gasteiger partial charge >= 0.3 is 0 Å². The van der Waals surface area contributed by atoms with Crippen LogP contribution < -0.4 is 10.0 Å². The molecule has 0 atom stereocenters. The second-order valence-electron chi connectivity index (χ2n) is 5.32. The standard InChI is InChI=1S/C14H22BrN3O2S/c1-18(10-4-9-16-13-7-8-13)21(19,20)17-11-12-5-2-3-6-14(12)15/h2-3,5-6,13,16-17H,4,7-11H2,1H3. The lowest BCUT2D eigenvalue weighted by molar-refractivity contribution is 0.444. The molecule has 0 heterocycles. The third kappa shape index (κ3) is 5.67. The maximum absolute atomic E-state index is 12.1. The van der Waals surface area contributed by atoms with Crippen molar-refractivity contribution in [2.45, 2.75) is 31.8 Å². The van der Waals surface area contributed by atoms with Gasteiger partial charge in [0.25, 0.3) is 10.2 Å². The summed E-state index contributed by atoms with van der Waals surface area (Å²) in [6, 6.07) is 8.26. The number of nitrogens with one attached hydrogen (secondary N) is 2. The molecular weight excluding hydrogens is 354 g/mol. The summed E-state index contributed by atoms with van der Waals surface area (Å²) < 4.78 is 29.2. The second-order valence-corrected chi connectivity index (χ2v) is 8.04. The van der Waals surface area contributed by atoms with E-state index in [1.54, 1.807) is 7.05 Å². The minimum atomic E-state index is -3.43. The van der Waals surface area contributed by atoms with E-state index in [1.165, 1.54) is 17.1 Å². The quantitative estimate of drug-likeness (QED) is 0.647. The number of hydrogen-bond acceptors (Lipinski definition) is 3. The molecule has 1 aromatic rings. The van der Waals surface area contributed by atoms with E-state index in [-0.39, 0.29) is 6.54 Å². The molecule has 118 valence electrons. The Balaban J connectivity index is 1.75. The lowest BCUT2D eigenvalue weighted by Crippen LogP contribution is -2.39. The van der Waals surface area contributed by atoms with Gasteiger partial charge in [-0.3, -0.25) is 0 Å². The fourth-order valence-corrected chi connectivity index (χ4v) is 3.29. The first-order valence-electron chi connectivity index (χ1n) is 7.17. The first kappa shape index (κ1) is 16.9. The largest absolute Gasteiger partial charge is 0.314 e. The van der Waals surface area contributed by atoms with Gasteiger partial charge in [0.1, 0.15) is 0 Å². The molecular formula is C14H22BrN3O2S. The molecule has 0 saturated heterocycles. The molecule has 21 heavy (non-hydrogen) atoms. The van der Waals surface area contributed by atoms with Crippen molar-refractivity contribution in [3.8, 4) is 0 Å². The highest BCUT2D eigenvalue weighted by Gasteiger charge is 2.20. The Morgan fingerprint density at radius 1 is 1.33 bits per heavy atom. The molecule has 2 N–H and O–H groups in total. The maximum atomic E-state index is 12.1. The highest BCUT2D eigenvalue weighted by Crippen LogP contribution is 2.18. The van der Waals surface area contributed by atoms with Gasteiger partial charge in [0, 0.05) is 30.7 Å². The maximum Gasteiger partial charge on any atom is 0.279 e. The topological polar surface area (TPSA) is 61.4 Å². The Hall–Kier alpha value is -0.470. The summed E-state index contributed by atoms with van der Waals surface area (Å²) in [5.74, 6) is 0. The van der Waals surface area contributed by atoms with E-state index in [9.17, 15) is 8.42 Å². The monoisotopic (exact) mass is 375 g/mol. The molecule has 1 saturated carbocycles. The molecule has 1 fully saturated rings. The summed E-state index contributed by atoms with van der Waals surface area (Å²) in [4.78, 5) is 0. The lowest BCUT2D eigenvalue weighted by atomic mass is 10.2. The molecule has 0 unspecified atom stereocenters. The van der Waals surface area contributed by atoms with E-state index >= 15 is 0 Å². The van der Waals surface area contributed by atoms with Gasteiger partial charge < -0.3 is 5.32 Å². The first-order chi connectivity index (χ1) is 9.99. The van der Waals surface area contributed by atoms with Crippen LogP contribution in [0.25, 0.3) is 0 Å². The molecule has 0 bridgehead atoms. The predicted molar refractivity (Wildman–Crippen MR) is 88.2 cm³/mol. The van der Waals surface area contributed by atoms with Crippen LogP contribution in [-0.4, -0.2) is 38.9 Å². The van der Waals surface area contributed by atoms with Crippen LogP contribution in [0.1, 0.15) is 24.8 Å². The van der Waals surface area contributed by atoms with Crippen molar-refractivity contribution in [1.82, 2.24) is 14.3 Å². The minimum absolute atomic E-state index is 0.286. The van der Waals surface area contributed by atoms with Gasteiger partial charge in [-0.15, -0.1) is 0 Å². The van der Waals surface area contributed by atoms with Crippen LogP contribution in [0.5, 0.6) is 0 Å². The fraction of sp³-hybridized carbons (Fsp3) is 0.571. The molecule has 0 radical (unpaired) electrons. The summed E-state index contributed by atoms with van der Waals surface area (Å²) >= 11 is 3.42. The average molecular weight is 376 g/mol. The normalized spacial score (nSPS) is 15.6. The lowest BCUT2D eigenvalue weighted by Gasteiger charge is -2.18. The zero-order valence-corrected chi connectivity index (χ0v) is 14.6. The Kier molecular flexibility index (Phi) is 6.19. The van der Waals surface area contributed by atoms with Gasteiger partial charge in [-0.05, 0) is 37.4 Å². The van der Waals surface area contributed by atoms with E-state index < -0.39 is 10.2 Å². The highest BCUT2D eigenvalue weighted by molar-refractivity contribution is 9.10. The Morgan fingerprint density at radius 3 is 2.71 bits per heavy atom. The second kappa shape index (κ2) is 7.69. The number of benzene rings is 1. The molecule has 1 aliphatic rings. The molecule has 7 heteroatoms. The fourth-order valence-electron chi connectivity index (χ4n) is 1.94. The molecule has 2 rings (SSSR count). The van der Waals surface area contributed by atoms with Gasteiger partial charge in [-0.1, -0.05) is 34.1 Å². The Bertz CT molecular complexity index is 561. The Labute approximate surface area is 135 Å². The van der Waals surface area contributed by atoms with E-state index in [0.717, 1.165) is 23.0 Å². The van der Waals surface area contributed by atoms with Crippen LogP contribution in [0, 0.1) is 0 Å². The number of nitrogens with zero attached hydrogens (tertiary/aromatic N) is 1. The third-order valence-electron chi connectivity index (χ3n) is 3.47. The summed E-state index contributed by atoms with van der Waals surface area (Å²) in [6.07, 6.45) is 3.33. The zero-order chi connectivity index (χ0) is 15.3. The van der Waals surface area contributed by atoms with Crippen molar-refractivity contribution >= 4 is 26.1 Å². The summed E-state index contributed by atoms with van der Waals surface area (Å²) in [5, 5.41) is 3.38. The number of halogens is 1. The summed E-state index contributed by atoms with van der Waals surface area (Å²) in [6.45, 7) is 1.67. The van der Waals surface area contributed by atoms with Crippen LogP contribution in [-0.2, 0) is 16.8 Å². The van der Waals surface area contributed by atoms with Gasteiger partial charge in [0.2, 0.25) is 0 Å². The van der Waals surface area contributed by atoms with E-state index in [4.69, 9.17) is 0 Å². The van der Waals surface area contributed by atoms with Crippen molar-refractivity contribution in [2.75, 3.05) is 20.1 Å². The molecule has 5 nitrogen and oxygen atoms in total. The van der Waals surface area contributed by atoms with Crippen LogP contribution in [0.15, 0.2) is 28.7 Å². The smallest absolute Gasteiger partial charge is 0.279 e. The number of rotatable bonds is 9. The SMILES string of the molecule is CN(CCCNC1CC1)S(=O)(=O)NCc1ccccc1Br. The van der Waals surface area contributed by atoms with Crippen molar-refractivity contribution in [3.05, 3.63) is 34.3 Å². The van der Waals surface area contributed by atoms with E-state index in [2.05, 4.69) is 26.0 Å². The van der Waals surface area contributed by atoms with Gasteiger partial charge in [-0.25, -0.2) is 0 Å². The number of hydrogen-bond donors (Lipinski definition) is 2. The molecule has 1 aliphatic carbocycles. The van der Waals surface area contributed by atoms with Gasteiger partial charge in [0.05, 0.1) is 0 Å². The molecule has 0 amide bonds. The van der Waals surface area contributed by atoms with Crippen LogP contribution in [0.2, 0.25) is 0 Å². The predicted octanol–water partition coefficient (Wildman–Crippen LogP) is 1.86. The highest BCUT2D eigenvalue weighted by atomic mass is 79.9. The summed E-state index contributed by atoms with van der Waals surface area (Å²) in [5.41, 5.74) is 0.921. The van der Waals surface area contributed by atoms with Crippen molar-refractivity contribution < 1.29 is 8.42 Å². The first-order valence-corrected chi connectivity index (χ1v) is 9.40. The van der Waals surface area contributed by atoms with Gasteiger partial charge in [0.15, 0.2) is 0 Å². The van der Waals surface area contributed by atoms with Crippen LogP contribution in [0.3, 0.4) is 0 Å². The molecule has 0 spiro atoms. The van der Waals surface area contributed by atoms with Crippen LogP contribution in [0.4, 0.5) is 0 Å².